The molecule has 5 aliphatic carbocycles. The Hall–Kier alpha value is -1.50. The number of rotatable bonds is 6. The van der Waals surface area contributed by atoms with Crippen LogP contribution in [0.1, 0.15) is 101 Å². The maximum absolute atomic E-state index is 11.8. The van der Waals surface area contributed by atoms with E-state index in [0.717, 1.165) is 67.8 Å². The van der Waals surface area contributed by atoms with Crippen LogP contribution in [-0.4, -0.2) is 63.4 Å². The summed E-state index contributed by atoms with van der Waals surface area (Å²) in [5, 5.41) is 13.6. The van der Waals surface area contributed by atoms with Crippen LogP contribution in [0.2, 0.25) is 0 Å². The summed E-state index contributed by atoms with van der Waals surface area (Å²) in [6, 6.07) is 7.61. The number of carboxylic acid groups (broad SMARTS) is 1. The number of allylic oxidation sites excluding steroid dienone is 2. The number of carboxylic acids is 1. The molecule has 1 aromatic carbocycles. The Kier molecular flexibility index (Phi) is 7.99. The van der Waals surface area contributed by atoms with E-state index in [4.69, 9.17) is 0 Å². The fraction of sp³-hybridized carbons (Fsp3) is 0.757. The zero-order valence-electron chi connectivity index (χ0n) is 26.8. The third kappa shape index (κ3) is 5.01. The van der Waals surface area contributed by atoms with Crippen LogP contribution >= 0.6 is 0 Å². The van der Waals surface area contributed by atoms with Gasteiger partial charge in [0.1, 0.15) is 0 Å². The molecule has 0 radical (unpaired) electrons. The number of aromatic carboxylic acids is 1. The highest BCUT2D eigenvalue weighted by Crippen LogP contribution is 2.70. The summed E-state index contributed by atoms with van der Waals surface area (Å²) in [6.07, 6.45) is 16.1. The Morgan fingerprint density at radius 2 is 1.70 bits per heavy atom. The van der Waals surface area contributed by atoms with E-state index in [1.165, 1.54) is 68.9 Å². The molecule has 6 heteroatoms. The average Bonchev–Trinajstić information content (AvgIpc) is 3.43. The van der Waals surface area contributed by atoms with Crippen LogP contribution in [-0.2, 0) is 10.8 Å². The lowest BCUT2D eigenvalue weighted by Crippen LogP contribution is -2.63. The van der Waals surface area contributed by atoms with Crippen molar-refractivity contribution in [3.8, 4) is 0 Å². The summed E-state index contributed by atoms with van der Waals surface area (Å²) < 4.78 is 11.8. The van der Waals surface area contributed by atoms with Gasteiger partial charge in [-0.15, -0.1) is 0 Å². The first-order chi connectivity index (χ1) is 20.6. The molecular weight excluding hydrogens is 552 g/mol. The van der Waals surface area contributed by atoms with Gasteiger partial charge in [-0.25, -0.2) is 4.79 Å². The monoisotopic (exact) mass is 606 g/mol. The van der Waals surface area contributed by atoms with Gasteiger partial charge in [0, 0.05) is 54.0 Å². The zero-order valence-corrected chi connectivity index (χ0v) is 27.6. The molecule has 6 aliphatic rings. The number of nitrogens with one attached hydrogen (secondary N) is 1. The number of benzene rings is 1. The third-order valence-electron chi connectivity index (χ3n) is 14.3. The number of fused-ring (bicyclic) bond motifs is 7. The largest absolute Gasteiger partial charge is 0.478 e. The molecule has 1 aromatic rings. The van der Waals surface area contributed by atoms with Gasteiger partial charge >= 0.3 is 5.97 Å². The first-order valence-electron chi connectivity index (χ1n) is 17.5. The van der Waals surface area contributed by atoms with Gasteiger partial charge in [0.15, 0.2) is 0 Å². The molecule has 1 heterocycles. The van der Waals surface area contributed by atoms with E-state index < -0.39 is 16.8 Å². The van der Waals surface area contributed by atoms with Gasteiger partial charge in [-0.3, -0.25) is 4.21 Å². The second-order valence-corrected chi connectivity index (χ2v) is 17.6. The molecule has 4 saturated carbocycles. The van der Waals surface area contributed by atoms with Crippen LogP contribution in [0.5, 0.6) is 0 Å². The summed E-state index contributed by atoms with van der Waals surface area (Å²) in [4.78, 5) is 13.9. The Morgan fingerprint density at radius 1 is 0.953 bits per heavy atom. The van der Waals surface area contributed by atoms with Crippen molar-refractivity contribution in [1.82, 2.24) is 10.2 Å². The van der Waals surface area contributed by atoms with E-state index in [0.29, 0.717) is 33.8 Å². The molecule has 9 atom stereocenters. The predicted octanol–water partition coefficient (Wildman–Crippen LogP) is 6.86. The Morgan fingerprint density at radius 3 is 2.44 bits per heavy atom. The molecule has 1 saturated heterocycles. The van der Waals surface area contributed by atoms with Crippen molar-refractivity contribution >= 4 is 22.3 Å². The molecule has 236 valence electrons. The van der Waals surface area contributed by atoms with Crippen molar-refractivity contribution in [2.24, 2.45) is 46.3 Å². The molecule has 0 bridgehead atoms. The standard InChI is InChI=1S/C37H54N2O3S/c1-25-28(26-6-8-27(9-7-26)34(40)41)12-16-35(2)30(25)13-17-36(3)31-14-18-37(38-19-20-39-21-23-43(42)24-22-39)15-4-5-32(37)29(31)10-11-33(35)36/h6-9,12,25,29-33,38H,4-5,10-11,13-24H2,1-3H3,(H,40,41)/t25?,29?,30?,31?,32-,33?,35?,36?,37?/m1/s1. The summed E-state index contributed by atoms with van der Waals surface area (Å²) in [5.74, 6) is 5.44. The van der Waals surface area contributed by atoms with Crippen molar-refractivity contribution in [2.45, 2.75) is 90.5 Å². The molecule has 1 aliphatic heterocycles. The summed E-state index contributed by atoms with van der Waals surface area (Å²) in [5.41, 5.74) is 4.18. The highest BCUT2D eigenvalue weighted by Gasteiger charge is 2.64. The summed E-state index contributed by atoms with van der Waals surface area (Å²) >= 11 is 0. The number of nitrogens with zero attached hydrogens (tertiary/aromatic N) is 1. The minimum Gasteiger partial charge on any atom is -0.478 e. The molecule has 5 fully saturated rings. The number of carbonyl (C=O) groups is 1. The molecule has 0 spiro atoms. The lowest BCUT2D eigenvalue weighted by molar-refractivity contribution is -0.164. The van der Waals surface area contributed by atoms with Crippen LogP contribution in [0.25, 0.3) is 5.57 Å². The van der Waals surface area contributed by atoms with Gasteiger partial charge in [0.05, 0.1) is 5.56 Å². The van der Waals surface area contributed by atoms with E-state index in [1.807, 2.05) is 12.1 Å². The normalized spacial score (nSPS) is 43.2. The van der Waals surface area contributed by atoms with Gasteiger partial charge in [0.2, 0.25) is 0 Å². The molecule has 7 rings (SSSR count). The van der Waals surface area contributed by atoms with Crippen LogP contribution in [0.15, 0.2) is 30.3 Å². The lowest BCUT2D eigenvalue weighted by atomic mass is 9.38. The van der Waals surface area contributed by atoms with E-state index in [2.05, 4.69) is 37.1 Å². The minimum atomic E-state index is -0.850. The fourth-order valence-corrected chi connectivity index (χ4v) is 13.4. The highest BCUT2D eigenvalue weighted by molar-refractivity contribution is 7.85. The van der Waals surface area contributed by atoms with E-state index >= 15 is 0 Å². The van der Waals surface area contributed by atoms with Gasteiger partial charge in [0.25, 0.3) is 0 Å². The van der Waals surface area contributed by atoms with E-state index in [-0.39, 0.29) is 0 Å². The maximum atomic E-state index is 11.8. The van der Waals surface area contributed by atoms with Crippen molar-refractivity contribution in [3.05, 3.63) is 41.5 Å². The van der Waals surface area contributed by atoms with Gasteiger partial charge in [-0.05, 0) is 127 Å². The molecular formula is C37H54N2O3S. The maximum Gasteiger partial charge on any atom is 0.335 e. The average molecular weight is 607 g/mol. The lowest BCUT2D eigenvalue weighted by Gasteiger charge is -2.67. The highest BCUT2D eigenvalue weighted by atomic mass is 32.2. The zero-order chi connectivity index (χ0) is 30.0. The van der Waals surface area contributed by atoms with Gasteiger partial charge < -0.3 is 15.3 Å². The van der Waals surface area contributed by atoms with Crippen molar-refractivity contribution < 1.29 is 14.1 Å². The van der Waals surface area contributed by atoms with Gasteiger partial charge in [-0.2, -0.15) is 0 Å². The molecule has 0 amide bonds. The predicted molar refractivity (Wildman–Crippen MR) is 175 cm³/mol. The van der Waals surface area contributed by atoms with E-state index in [1.54, 1.807) is 12.1 Å². The van der Waals surface area contributed by atoms with Crippen LogP contribution in [0.4, 0.5) is 0 Å². The van der Waals surface area contributed by atoms with Gasteiger partial charge in [-0.1, -0.05) is 45.4 Å². The van der Waals surface area contributed by atoms with Crippen molar-refractivity contribution in [3.63, 3.8) is 0 Å². The molecule has 8 unspecified atom stereocenters. The van der Waals surface area contributed by atoms with Crippen molar-refractivity contribution in [2.75, 3.05) is 37.7 Å². The Labute approximate surface area is 262 Å². The first-order valence-corrected chi connectivity index (χ1v) is 19.0. The summed E-state index contributed by atoms with van der Waals surface area (Å²) in [6.45, 7) is 12.0. The Bertz CT molecular complexity index is 1270. The first kappa shape index (κ1) is 30.2. The SMILES string of the molecule is CC1C(c2ccc(C(=O)O)cc2)=CCC2(C)C1CCC1(C)C3CCC4(NCCN5CCS(=O)CC5)CCC[C@@H]4C3CCC21. The fourth-order valence-electron chi connectivity index (χ4n) is 12.3. The number of hydrogen-bond acceptors (Lipinski definition) is 4. The molecule has 0 aromatic heterocycles. The van der Waals surface area contributed by atoms with Crippen LogP contribution < -0.4 is 5.32 Å². The van der Waals surface area contributed by atoms with Crippen molar-refractivity contribution in [1.29, 1.82) is 0 Å². The van der Waals surface area contributed by atoms with E-state index in [9.17, 15) is 14.1 Å². The Balaban J connectivity index is 1.06. The molecule has 43 heavy (non-hydrogen) atoms. The van der Waals surface area contributed by atoms with Crippen LogP contribution in [0, 0.1) is 46.3 Å². The third-order valence-corrected chi connectivity index (χ3v) is 15.6. The quantitative estimate of drug-likeness (QED) is 0.370. The van der Waals surface area contributed by atoms with Crippen LogP contribution in [0.3, 0.4) is 0 Å². The molecule has 2 N–H and O–H groups in total. The molecule has 5 nitrogen and oxygen atoms in total. The second-order valence-electron chi connectivity index (χ2n) is 15.9. The second kappa shape index (κ2) is 11.4. The topological polar surface area (TPSA) is 69.6 Å². The minimum absolute atomic E-state index is 0.350. The summed E-state index contributed by atoms with van der Waals surface area (Å²) in [7, 11) is -0.593. The number of hydrogen-bond donors (Lipinski definition) is 2. The smallest absolute Gasteiger partial charge is 0.335 e.